The summed E-state index contributed by atoms with van der Waals surface area (Å²) < 4.78 is 10.7. The first-order chi connectivity index (χ1) is 8.20. The number of aliphatic hydroxyl groups is 1. The standard InChI is InChI=1S/C12H10Cl2O3/c13-10-2-1-3-11(12(10)14)16-7-9-5-4-8(6-15)17-9/h1-5,15H,6-7H2. The Bertz CT molecular complexity index is 508. The van der Waals surface area contributed by atoms with Crippen LogP contribution in [0.2, 0.25) is 10.0 Å². The van der Waals surface area contributed by atoms with Gasteiger partial charge in [-0.1, -0.05) is 29.3 Å². The second kappa shape index (κ2) is 5.45. The minimum atomic E-state index is -0.127. The molecule has 1 N–H and O–H groups in total. The summed E-state index contributed by atoms with van der Waals surface area (Å²) in [4.78, 5) is 0. The zero-order valence-corrected chi connectivity index (χ0v) is 10.3. The summed E-state index contributed by atoms with van der Waals surface area (Å²) in [6.07, 6.45) is 0. The van der Waals surface area contributed by atoms with Gasteiger partial charge >= 0.3 is 0 Å². The van der Waals surface area contributed by atoms with Crippen LogP contribution in [-0.2, 0) is 13.2 Å². The SMILES string of the molecule is OCc1ccc(COc2cccc(Cl)c2Cl)o1. The highest BCUT2D eigenvalue weighted by molar-refractivity contribution is 6.42. The van der Waals surface area contributed by atoms with E-state index in [9.17, 15) is 0 Å². The molecule has 2 rings (SSSR count). The van der Waals surface area contributed by atoms with Crippen LogP contribution in [0.3, 0.4) is 0 Å². The van der Waals surface area contributed by atoms with Crippen molar-refractivity contribution in [3.8, 4) is 5.75 Å². The minimum Gasteiger partial charge on any atom is -0.484 e. The van der Waals surface area contributed by atoms with Crippen molar-refractivity contribution in [3.05, 3.63) is 51.9 Å². The molecule has 0 unspecified atom stereocenters. The molecule has 0 aliphatic heterocycles. The van der Waals surface area contributed by atoms with E-state index in [4.69, 9.17) is 37.5 Å². The lowest BCUT2D eigenvalue weighted by atomic mass is 10.3. The van der Waals surface area contributed by atoms with Crippen LogP contribution in [-0.4, -0.2) is 5.11 Å². The molecule has 0 atom stereocenters. The van der Waals surface area contributed by atoms with E-state index in [1.54, 1.807) is 30.3 Å². The van der Waals surface area contributed by atoms with Gasteiger partial charge in [-0.2, -0.15) is 0 Å². The lowest BCUT2D eigenvalue weighted by molar-refractivity contribution is 0.225. The van der Waals surface area contributed by atoms with E-state index in [1.165, 1.54) is 0 Å². The van der Waals surface area contributed by atoms with E-state index in [1.807, 2.05) is 0 Å². The van der Waals surface area contributed by atoms with E-state index < -0.39 is 0 Å². The Kier molecular flexibility index (Phi) is 3.94. The lowest BCUT2D eigenvalue weighted by Gasteiger charge is -2.07. The maximum absolute atomic E-state index is 8.84. The summed E-state index contributed by atoms with van der Waals surface area (Å²) in [5, 5.41) is 9.67. The predicted octanol–water partition coefficient (Wildman–Crippen LogP) is 3.66. The Labute approximate surface area is 109 Å². The summed E-state index contributed by atoms with van der Waals surface area (Å²) in [5.41, 5.74) is 0. The molecule has 0 spiro atoms. The fourth-order valence-electron chi connectivity index (χ4n) is 1.33. The van der Waals surface area contributed by atoms with E-state index in [0.29, 0.717) is 27.3 Å². The molecule has 0 aliphatic carbocycles. The fraction of sp³-hybridized carbons (Fsp3) is 0.167. The molecule has 0 fully saturated rings. The summed E-state index contributed by atoms with van der Waals surface area (Å²) in [5.74, 6) is 1.62. The van der Waals surface area contributed by atoms with Gasteiger partial charge in [0.15, 0.2) is 0 Å². The maximum Gasteiger partial charge on any atom is 0.146 e. The summed E-state index contributed by atoms with van der Waals surface area (Å²) in [7, 11) is 0. The van der Waals surface area contributed by atoms with Crippen LogP contribution < -0.4 is 4.74 Å². The number of rotatable bonds is 4. The predicted molar refractivity (Wildman–Crippen MR) is 65.4 cm³/mol. The van der Waals surface area contributed by atoms with Crippen LogP contribution in [0.1, 0.15) is 11.5 Å². The van der Waals surface area contributed by atoms with Gasteiger partial charge in [-0.15, -0.1) is 0 Å². The van der Waals surface area contributed by atoms with Crippen molar-refractivity contribution < 1.29 is 14.3 Å². The molecule has 0 saturated carbocycles. The van der Waals surface area contributed by atoms with Gasteiger partial charge in [0.2, 0.25) is 0 Å². The van der Waals surface area contributed by atoms with Crippen molar-refractivity contribution in [1.29, 1.82) is 0 Å². The zero-order valence-electron chi connectivity index (χ0n) is 8.82. The Balaban J connectivity index is 2.04. The number of benzene rings is 1. The summed E-state index contributed by atoms with van der Waals surface area (Å²) >= 11 is 11.8. The third kappa shape index (κ3) is 2.94. The number of hydrogen-bond donors (Lipinski definition) is 1. The van der Waals surface area contributed by atoms with Gasteiger partial charge in [0.25, 0.3) is 0 Å². The fourth-order valence-corrected chi connectivity index (χ4v) is 1.68. The highest BCUT2D eigenvalue weighted by atomic mass is 35.5. The zero-order chi connectivity index (χ0) is 12.3. The molecule has 1 heterocycles. The van der Waals surface area contributed by atoms with Crippen molar-refractivity contribution in [2.24, 2.45) is 0 Å². The average Bonchev–Trinajstić information content (AvgIpc) is 2.79. The summed E-state index contributed by atoms with van der Waals surface area (Å²) in [6, 6.07) is 8.60. The third-order valence-electron chi connectivity index (χ3n) is 2.16. The van der Waals surface area contributed by atoms with Crippen molar-refractivity contribution in [2.45, 2.75) is 13.2 Å². The van der Waals surface area contributed by atoms with Gasteiger partial charge in [0.1, 0.15) is 35.5 Å². The first kappa shape index (κ1) is 12.3. The van der Waals surface area contributed by atoms with Crippen molar-refractivity contribution >= 4 is 23.2 Å². The molecule has 5 heteroatoms. The van der Waals surface area contributed by atoms with Gasteiger partial charge < -0.3 is 14.3 Å². The van der Waals surface area contributed by atoms with E-state index in [-0.39, 0.29) is 13.2 Å². The highest BCUT2D eigenvalue weighted by Gasteiger charge is 2.07. The van der Waals surface area contributed by atoms with Gasteiger partial charge in [0.05, 0.1) is 5.02 Å². The normalized spacial score (nSPS) is 10.5. The van der Waals surface area contributed by atoms with Crippen LogP contribution in [0.5, 0.6) is 5.75 Å². The van der Waals surface area contributed by atoms with Crippen LogP contribution in [0.15, 0.2) is 34.7 Å². The molecule has 2 aromatic rings. The van der Waals surface area contributed by atoms with Crippen molar-refractivity contribution in [1.82, 2.24) is 0 Å². The summed E-state index contributed by atoms with van der Waals surface area (Å²) in [6.45, 7) is 0.109. The molecule has 0 radical (unpaired) electrons. The number of aliphatic hydroxyl groups excluding tert-OH is 1. The maximum atomic E-state index is 8.84. The highest BCUT2D eigenvalue weighted by Crippen LogP contribution is 2.31. The topological polar surface area (TPSA) is 42.6 Å². The second-order valence-corrected chi connectivity index (χ2v) is 4.15. The Hall–Kier alpha value is -1.16. The Morgan fingerprint density at radius 3 is 2.59 bits per heavy atom. The van der Waals surface area contributed by atoms with Crippen LogP contribution in [0.25, 0.3) is 0 Å². The van der Waals surface area contributed by atoms with Crippen molar-refractivity contribution in [2.75, 3.05) is 0 Å². The van der Waals surface area contributed by atoms with E-state index in [0.717, 1.165) is 0 Å². The number of ether oxygens (including phenoxy) is 1. The smallest absolute Gasteiger partial charge is 0.146 e. The molecular weight excluding hydrogens is 263 g/mol. The number of hydrogen-bond acceptors (Lipinski definition) is 3. The number of halogens is 2. The molecule has 90 valence electrons. The molecule has 0 aliphatic rings. The molecular formula is C12H10Cl2O3. The quantitative estimate of drug-likeness (QED) is 0.924. The van der Waals surface area contributed by atoms with Crippen LogP contribution in [0, 0.1) is 0 Å². The molecule has 17 heavy (non-hydrogen) atoms. The second-order valence-electron chi connectivity index (χ2n) is 3.37. The molecule has 1 aromatic heterocycles. The van der Waals surface area contributed by atoms with E-state index in [2.05, 4.69) is 0 Å². The third-order valence-corrected chi connectivity index (χ3v) is 2.96. The van der Waals surface area contributed by atoms with Crippen LogP contribution in [0.4, 0.5) is 0 Å². The van der Waals surface area contributed by atoms with Crippen molar-refractivity contribution in [3.63, 3.8) is 0 Å². The Morgan fingerprint density at radius 2 is 1.88 bits per heavy atom. The minimum absolute atomic E-state index is 0.127. The van der Waals surface area contributed by atoms with E-state index >= 15 is 0 Å². The van der Waals surface area contributed by atoms with Gasteiger partial charge in [-0.3, -0.25) is 0 Å². The van der Waals surface area contributed by atoms with Gasteiger partial charge in [-0.25, -0.2) is 0 Å². The molecule has 1 aromatic carbocycles. The lowest BCUT2D eigenvalue weighted by Crippen LogP contribution is -1.94. The van der Waals surface area contributed by atoms with Gasteiger partial charge in [0, 0.05) is 0 Å². The molecule has 3 nitrogen and oxygen atoms in total. The largest absolute Gasteiger partial charge is 0.484 e. The first-order valence-corrected chi connectivity index (χ1v) is 5.71. The monoisotopic (exact) mass is 272 g/mol. The number of furan rings is 1. The molecule has 0 amide bonds. The van der Waals surface area contributed by atoms with Gasteiger partial charge in [-0.05, 0) is 24.3 Å². The molecule has 0 saturated heterocycles. The Morgan fingerprint density at radius 1 is 1.12 bits per heavy atom. The average molecular weight is 273 g/mol. The van der Waals surface area contributed by atoms with Crippen LogP contribution >= 0.6 is 23.2 Å². The molecule has 0 bridgehead atoms. The first-order valence-electron chi connectivity index (χ1n) is 4.96.